The van der Waals surface area contributed by atoms with Crippen molar-refractivity contribution in [3.63, 3.8) is 0 Å². The molecule has 0 fully saturated rings. The van der Waals surface area contributed by atoms with Crippen molar-refractivity contribution < 1.29 is 19.5 Å². The lowest BCUT2D eigenvalue weighted by atomic mass is 10.1. The zero-order valence-electron chi connectivity index (χ0n) is 9.51. The number of carboxylic acid groups (broad SMARTS) is 1. The summed E-state index contributed by atoms with van der Waals surface area (Å²) >= 11 is 5.76. The van der Waals surface area contributed by atoms with Gasteiger partial charge in [-0.2, -0.15) is 0 Å². The Hall–Kier alpha value is -1.88. The minimum Gasteiger partial charge on any atom is -0.480 e. The largest absolute Gasteiger partial charge is 0.480 e. The van der Waals surface area contributed by atoms with Gasteiger partial charge in [0, 0.05) is 5.02 Å². The van der Waals surface area contributed by atoms with Crippen LogP contribution < -0.4 is 4.90 Å². The average molecular weight is 268 g/mol. The zero-order chi connectivity index (χ0) is 13.4. The van der Waals surface area contributed by atoms with E-state index in [0.29, 0.717) is 10.7 Å². The summed E-state index contributed by atoms with van der Waals surface area (Å²) in [5, 5.41) is 9.42. The van der Waals surface area contributed by atoms with E-state index in [1.165, 1.54) is 18.2 Å². The summed E-state index contributed by atoms with van der Waals surface area (Å²) in [5.41, 5.74) is 0.468. The highest BCUT2D eigenvalue weighted by Crippen LogP contribution is 2.33. The van der Waals surface area contributed by atoms with E-state index in [9.17, 15) is 14.4 Å². The third kappa shape index (κ3) is 1.76. The van der Waals surface area contributed by atoms with E-state index >= 15 is 0 Å². The first-order valence-corrected chi connectivity index (χ1v) is 5.75. The van der Waals surface area contributed by atoms with Crippen LogP contribution in [0.15, 0.2) is 18.2 Å². The minimum absolute atomic E-state index is 0.159. The molecule has 1 N–H and O–H groups in total. The number of Topliss-reactive ketones (excluding diaryl/α,β-unsaturated/α-hetero) is 1. The number of nitrogens with zero attached hydrogens (tertiary/aromatic N) is 1. The maximum absolute atomic E-state index is 11.8. The summed E-state index contributed by atoms with van der Waals surface area (Å²) in [4.78, 5) is 35.7. The molecule has 6 heteroatoms. The van der Waals surface area contributed by atoms with Crippen LogP contribution in [0.1, 0.15) is 23.7 Å². The Balaban J connectivity index is 2.55. The second-order valence-electron chi connectivity index (χ2n) is 3.93. The molecule has 2 rings (SSSR count). The average Bonchev–Trinajstić information content (AvgIpc) is 2.55. The van der Waals surface area contributed by atoms with Gasteiger partial charge in [-0.05, 0) is 24.6 Å². The van der Waals surface area contributed by atoms with Crippen molar-refractivity contribution in [1.82, 2.24) is 0 Å². The highest BCUT2D eigenvalue weighted by molar-refractivity contribution is 6.53. The van der Waals surface area contributed by atoms with Gasteiger partial charge in [-0.3, -0.25) is 14.5 Å². The highest BCUT2D eigenvalue weighted by Gasteiger charge is 2.41. The topological polar surface area (TPSA) is 74.7 Å². The number of carbonyl (C=O) groups is 3. The number of rotatable bonds is 3. The second-order valence-corrected chi connectivity index (χ2v) is 4.36. The first-order valence-electron chi connectivity index (χ1n) is 5.37. The number of anilines is 1. The van der Waals surface area contributed by atoms with Gasteiger partial charge in [0.15, 0.2) is 0 Å². The number of hydrogen-bond acceptors (Lipinski definition) is 3. The van der Waals surface area contributed by atoms with Crippen LogP contribution in [0.2, 0.25) is 5.02 Å². The van der Waals surface area contributed by atoms with E-state index in [2.05, 4.69) is 0 Å². The molecule has 0 radical (unpaired) electrons. The van der Waals surface area contributed by atoms with Crippen molar-refractivity contribution in [2.45, 2.75) is 19.4 Å². The molecule has 1 aromatic rings. The Kier molecular flexibility index (Phi) is 3.09. The van der Waals surface area contributed by atoms with E-state index < -0.39 is 23.7 Å². The van der Waals surface area contributed by atoms with E-state index in [1.54, 1.807) is 6.92 Å². The molecule has 1 amide bonds. The summed E-state index contributed by atoms with van der Waals surface area (Å²) in [6.07, 6.45) is 0.219. The first kappa shape index (κ1) is 12.6. The number of carbonyl (C=O) groups excluding carboxylic acids is 2. The second kappa shape index (κ2) is 4.42. The van der Waals surface area contributed by atoms with Crippen LogP contribution in [0.25, 0.3) is 0 Å². The SMILES string of the molecule is CCC(C(=O)O)N1C(=O)C(=O)c2cc(Cl)ccc21. The molecule has 0 bridgehead atoms. The van der Waals surface area contributed by atoms with Crippen LogP contribution in [0.5, 0.6) is 0 Å². The molecule has 1 atom stereocenters. The van der Waals surface area contributed by atoms with Gasteiger partial charge in [-0.25, -0.2) is 4.79 Å². The zero-order valence-corrected chi connectivity index (χ0v) is 10.3. The van der Waals surface area contributed by atoms with Crippen molar-refractivity contribution in [3.05, 3.63) is 28.8 Å². The number of hydrogen-bond donors (Lipinski definition) is 1. The molecular weight excluding hydrogens is 258 g/mol. The summed E-state index contributed by atoms with van der Waals surface area (Å²) in [6.45, 7) is 1.64. The lowest BCUT2D eigenvalue weighted by Crippen LogP contribution is -2.44. The Morgan fingerprint density at radius 3 is 2.67 bits per heavy atom. The molecule has 0 saturated carbocycles. The number of amides is 1. The van der Waals surface area contributed by atoms with Gasteiger partial charge in [0.05, 0.1) is 11.3 Å². The van der Waals surface area contributed by atoms with Crippen LogP contribution in [0.3, 0.4) is 0 Å². The van der Waals surface area contributed by atoms with Crippen LogP contribution in [-0.4, -0.2) is 28.8 Å². The van der Waals surface area contributed by atoms with Crippen LogP contribution in [-0.2, 0) is 9.59 Å². The van der Waals surface area contributed by atoms with Gasteiger partial charge >= 0.3 is 5.97 Å². The van der Waals surface area contributed by atoms with Crippen LogP contribution >= 0.6 is 11.6 Å². The molecule has 1 unspecified atom stereocenters. The van der Waals surface area contributed by atoms with Gasteiger partial charge in [0.1, 0.15) is 6.04 Å². The third-order valence-corrected chi connectivity index (χ3v) is 3.09. The summed E-state index contributed by atoms with van der Waals surface area (Å²) in [5.74, 6) is -2.67. The highest BCUT2D eigenvalue weighted by atomic mass is 35.5. The maximum Gasteiger partial charge on any atom is 0.326 e. The molecule has 1 aromatic carbocycles. The standard InChI is InChI=1S/C12H10ClNO4/c1-2-8(12(17)18)14-9-4-3-6(13)5-7(9)10(15)11(14)16/h3-5,8H,2H2,1H3,(H,17,18). The molecule has 0 spiro atoms. The fourth-order valence-electron chi connectivity index (χ4n) is 2.01. The normalized spacial score (nSPS) is 15.8. The van der Waals surface area contributed by atoms with E-state index in [1.807, 2.05) is 0 Å². The first-order chi connectivity index (χ1) is 8.47. The quantitative estimate of drug-likeness (QED) is 0.847. The molecule has 1 aliphatic heterocycles. The number of aliphatic carboxylic acids is 1. The monoisotopic (exact) mass is 267 g/mol. The number of halogens is 1. The van der Waals surface area contributed by atoms with Gasteiger partial charge in [-0.15, -0.1) is 0 Å². The van der Waals surface area contributed by atoms with Crippen molar-refractivity contribution >= 4 is 34.9 Å². The van der Waals surface area contributed by atoms with Gasteiger partial charge in [-0.1, -0.05) is 18.5 Å². The maximum atomic E-state index is 11.8. The third-order valence-electron chi connectivity index (χ3n) is 2.86. The molecule has 1 heterocycles. The van der Waals surface area contributed by atoms with Gasteiger partial charge in [0.2, 0.25) is 0 Å². The Morgan fingerprint density at radius 2 is 2.11 bits per heavy atom. The molecule has 0 aromatic heterocycles. The summed E-state index contributed by atoms with van der Waals surface area (Å²) in [7, 11) is 0. The number of ketones is 1. The molecule has 0 saturated heterocycles. The van der Waals surface area contributed by atoms with Gasteiger partial charge < -0.3 is 5.11 Å². The fourth-order valence-corrected chi connectivity index (χ4v) is 2.18. The molecule has 94 valence electrons. The number of fused-ring (bicyclic) bond motifs is 1. The van der Waals surface area contributed by atoms with E-state index in [4.69, 9.17) is 16.7 Å². The lowest BCUT2D eigenvalue weighted by Gasteiger charge is -2.23. The van der Waals surface area contributed by atoms with Crippen LogP contribution in [0.4, 0.5) is 5.69 Å². The van der Waals surface area contributed by atoms with Crippen molar-refractivity contribution in [3.8, 4) is 0 Å². The Morgan fingerprint density at radius 1 is 1.44 bits per heavy atom. The predicted octanol–water partition coefficient (Wildman–Crippen LogP) is 1.73. The molecule has 1 aliphatic rings. The van der Waals surface area contributed by atoms with Crippen molar-refractivity contribution in [1.29, 1.82) is 0 Å². The smallest absolute Gasteiger partial charge is 0.326 e. The van der Waals surface area contributed by atoms with Crippen molar-refractivity contribution in [2.24, 2.45) is 0 Å². The molecule has 5 nitrogen and oxygen atoms in total. The van der Waals surface area contributed by atoms with Crippen molar-refractivity contribution in [2.75, 3.05) is 4.90 Å². The predicted molar refractivity (Wildman–Crippen MR) is 65.0 cm³/mol. The summed E-state index contributed by atoms with van der Waals surface area (Å²) < 4.78 is 0. The molecule has 18 heavy (non-hydrogen) atoms. The van der Waals surface area contributed by atoms with E-state index in [0.717, 1.165) is 4.90 Å². The number of carboxylic acids is 1. The van der Waals surface area contributed by atoms with E-state index in [-0.39, 0.29) is 12.0 Å². The molecule has 0 aliphatic carbocycles. The summed E-state index contributed by atoms with van der Waals surface area (Å²) in [6, 6.07) is 3.36. The lowest BCUT2D eigenvalue weighted by molar-refractivity contribution is -0.139. The van der Waals surface area contributed by atoms with Gasteiger partial charge in [0.25, 0.3) is 11.7 Å². The molecular formula is C12H10ClNO4. The minimum atomic E-state index is -1.14. The fraction of sp³-hybridized carbons (Fsp3) is 0.250. The van der Waals surface area contributed by atoms with Crippen LogP contribution in [0, 0.1) is 0 Å². The Labute approximate surface area is 108 Å². The Bertz CT molecular complexity index is 555. The number of benzene rings is 1.